The Hall–Kier alpha value is -0.810. The molecule has 120 valence electrons. The molecule has 0 aliphatic rings. The second-order valence-electron chi connectivity index (χ2n) is 7.34. The smallest absolute Gasteiger partial charge is 0.408 e. The second-order valence-corrected chi connectivity index (χ2v) is 7.34. The number of carbonyl (C=O) groups is 1. The summed E-state index contributed by atoms with van der Waals surface area (Å²) < 4.78 is 11.0. The third-order valence-electron chi connectivity index (χ3n) is 2.77. The molecule has 0 aliphatic carbocycles. The number of rotatable bonds is 7. The Bertz CT molecular complexity index is 305. The number of aliphatic hydroxyl groups is 1. The summed E-state index contributed by atoms with van der Waals surface area (Å²) in [5.74, 6) is 0. The van der Waals surface area contributed by atoms with Crippen LogP contribution in [0.4, 0.5) is 4.79 Å². The number of ether oxygens (including phenoxy) is 2. The van der Waals surface area contributed by atoms with Gasteiger partial charge in [-0.2, -0.15) is 0 Å². The molecule has 0 heterocycles. The minimum atomic E-state index is -0.500. The van der Waals surface area contributed by atoms with Gasteiger partial charge in [-0.15, -0.1) is 0 Å². The molecule has 0 spiro atoms. The average molecular weight is 289 g/mol. The van der Waals surface area contributed by atoms with Crippen LogP contribution in [0.2, 0.25) is 0 Å². The van der Waals surface area contributed by atoms with Crippen LogP contribution in [-0.2, 0) is 9.47 Å². The fraction of sp³-hybridized carbons (Fsp3) is 0.933. The van der Waals surface area contributed by atoms with Crippen LogP contribution in [0.3, 0.4) is 0 Å². The molecule has 5 nitrogen and oxygen atoms in total. The minimum Gasteiger partial charge on any atom is -0.444 e. The Morgan fingerprint density at radius 1 is 1.05 bits per heavy atom. The van der Waals surface area contributed by atoms with Crippen molar-refractivity contribution in [2.24, 2.45) is 0 Å². The van der Waals surface area contributed by atoms with Crippen molar-refractivity contribution < 1.29 is 19.4 Å². The van der Waals surface area contributed by atoms with E-state index in [2.05, 4.69) is 5.32 Å². The van der Waals surface area contributed by atoms with Crippen LogP contribution in [0.25, 0.3) is 0 Å². The number of nitrogens with one attached hydrogen (secondary N) is 1. The van der Waals surface area contributed by atoms with Crippen molar-refractivity contribution in [3.05, 3.63) is 0 Å². The Kier molecular flexibility index (Phi) is 6.98. The zero-order valence-corrected chi connectivity index (χ0v) is 14.0. The Morgan fingerprint density at radius 3 is 2.05 bits per heavy atom. The summed E-state index contributed by atoms with van der Waals surface area (Å²) in [6.45, 7) is 13.9. The van der Waals surface area contributed by atoms with Gasteiger partial charge in [0.2, 0.25) is 0 Å². The lowest BCUT2D eigenvalue weighted by molar-refractivity contribution is -0.0394. The number of carbonyl (C=O) groups excluding carboxylic acids is 1. The van der Waals surface area contributed by atoms with Gasteiger partial charge in [-0.1, -0.05) is 0 Å². The Labute approximate surface area is 123 Å². The van der Waals surface area contributed by atoms with E-state index in [1.807, 2.05) is 48.5 Å². The van der Waals surface area contributed by atoms with Crippen molar-refractivity contribution in [2.75, 3.05) is 13.2 Å². The second kappa shape index (κ2) is 7.27. The van der Waals surface area contributed by atoms with Gasteiger partial charge in [0.05, 0.1) is 5.60 Å². The van der Waals surface area contributed by atoms with Crippen LogP contribution >= 0.6 is 0 Å². The summed E-state index contributed by atoms with van der Waals surface area (Å²) in [6.07, 6.45) is 0.839. The maximum Gasteiger partial charge on any atom is 0.408 e. The molecule has 0 rings (SSSR count). The molecular formula is C15H31NO4. The van der Waals surface area contributed by atoms with Crippen LogP contribution in [0.5, 0.6) is 0 Å². The van der Waals surface area contributed by atoms with Crippen molar-refractivity contribution >= 4 is 6.09 Å². The fourth-order valence-corrected chi connectivity index (χ4v) is 1.57. The molecule has 0 unspecified atom stereocenters. The monoisotopic (exact) mass is 289 g/mol. The highest BCUT2D eigenvalue weighted by molar-refractivity contribution is 5.68. The summed E-state index contributed by atoms with van der Waals surface area (Å²) in [5.41, 5.74) is -1.26. The molecule has 0 aromatic heterocycles. The van der Waals surface area contributed by atoms with Crippen LogP contribution in [0.15, 0.2) is 0 Å². The molecule has 0 atom stereocenters. The first-order chi connectivity index (χ1) is 8.87. The predicted molar refractivity (Wildman–Crippen MR) is 79.8 cm³/mol. The van der Waals surface area contributed by atoms with E-state index in [1.54, 1.807) is 0 Å². The zero-order valence-electron chi connectivity index (χ0n) is 14.0. The highest BCUT2D eigenvalue weighted by Gasteiger charge is 2.25. The summed E-state index contributed by atoms with van der Waals surface area (Å²) >= 11 is 0. The lowest BCUT2D eigenvalue weighted by Gasteiger charge is -2.31. The van der Waals surface area contributed by atoms with Gasteiger partial charge in [0, 0.05) is 18.8 Å². The summed E-state index contributed by atoms with van der Waals surface area (Å²) in [6, 6.07) is 0. The van der Waals surface area contributed by atoms with Gasteiger partial charge in [0.25, 0.3) is 0 Å². The molecule has 1 amide bonds. The van der Waals surface area contributed by atoms with E-state index in [-0.39, 0.29) is 12.2 Å². The maximum absolute atomic E-state index is 11.7. The quantitative estimate of drug-likeness (QED) is 0.756. The van der Waals surface area contributed by atoms with Gasteiger partial charge in [-0.25, -0.2) is 4.79 Å². The number of hydrogen-bond acceptors (Lipinski definition) is 4. The van der Waals surface area contributed by atoms with E-state index >= 15 is 0 Å². The summed E-state index contributed by atoms with van der Waals surface area (Å²) in [5, 5.41) is 11.8. The van der Waals surface area contributed by atoms with Crippen LogP contribution < -0.4 is 5.32 Å². The van der Waals surface area contributed by atoms with Crippen molar-refractivity contribution in [1.29, 1.82) is 0 Å². The van der Waals surface area contributed by atoms with Gasteiger partial charge in [-0.3, -0.25) is 0 Å². The molecule has 0 aromatic carbocycles. The molecule has 0 fully saturated rings. The van der Waals surface area contributed by atoms with E-state index in [4.69, 9.17) is 14.6 Å². The number of aliphatic hydroxyl groups excluding tert-OH is 1. The van der Waals surface area contributed by atoms with Crippen molar-refractivity contribution in [3.63, 3.8) is 0 Å². The van der Waals surface area contributed by atoms with Gasteiger partial charge >= 0.3 is 6.09 Å². The van der Waals surface area contributed by atoms with E-state index in [1.165, 1.54) is 0 Å². The molecule has 2 N–H and O–H groups in total. The van der Waals surface area contributed by atoms with Crippen LogP contribution in [-0.4, -0.2) is 41.2 Å². The highest BCUT2D eigenvalue weighted by Crippen LogP contribution is 2.17. The fourth-order valence-electron chi connectivity index (χ4n) is 1.57. The van der Waals surface area contributed by atoms with E-state index in [0.717, 1.165) is 0 Å². The zero-order chi connectivity index (χ0) is 16.0. The number of hydrogen-bond donors (Lipinski definition) is 2. The maximum atomic E-state index is 11.7. The first kappa shape index (κ1) is 19.2. The normalized spacial score (nSPS) is 13.2. The topological polar surface area (TPSA) is 67.8 Å². The van der Waals surface area contributed by atoms with Crippen molar-refractivity contribution in [2.45, 2.75) is 78.0 Å². The Balaban J connectivity index is 4.16. The predicted octanol–water partition coefficient (Wildman–Crippen LogP) is 2.86. The molecule has 0 saturated heterocycles. The molecule has 5 heteroatoms. The molecule has 0 bridgehead atoms. The first-order valence-corrected chi connectivity index (χ1v) is 7.13. The minimum absolute atomic E-state index is 0.104. The van der Waals surface area contributed by atoms with E-state index in [0.29, 0.717) is 19.4 Å². The lowest BCUT2D eigenvalue weighted by atomic mass is 10.0. The summed E-state index contributed by atoms with van der Waals surface area (Å²) in [7, 11) is 0. The number of amides is 1. The largest absolute Gasteiger partial charge is 0.444 e. The molecule has 20 heavy (non-hydrogen) atoms. The van der Waals surface area contributed by atoms with Crippen molar-refractivity contribution in [3.8, 4) is 0 Å². The van der Waals surface area contributed by atoms with Crippen molar-refractivity contribution in [1.82, 2.24) is 5.32 Å². The van der Waals surface area contributed by atoms with E-state index in [9.17, 15) is 4.79 Å². The molecule has 0 saturated carbocycles. The van der Waals surface area contributed by atoms with Gasteiger partial charge in [0.1, 0.15) is 5.60 Å². The lowest BCUT2D eigenvalue weighted by Crippen LogP contribution is -2.46. The molecule has 0 radical (unpaired) electrons. The molecule has 0 aliphatic heterocycles. The van der Waals surface area contributed by atoms with Crippen LogP contribution in [0.1, 0.15) is 61.3 Å². The average Bonchev–Trinajstić information content (AvgIpc) is 2.11. The third kappa shape index (κ3) is 10.0. The van der Waals surface area contributed by atoms with Gasteiger partial charge < -0.3 is 19.9 Å². The standard InChI is InChI=1S/C15H31NO4/c1-13(2,3)20-12(18)16-14(4,5)9-11-19-15(6,7)8-10-17/h17H,8-11H2,1-7H3,(H,16,18). The molecular weight excluding hydrogens is 258 g/mol. The van der Waals surface area contributed by atoms with Gasteiger partial charge in [-0.05, 0) is 61.3 Å². The third-order valence-corrected chi connectivity index (χ3v) is 2.77. The number of alkyl carbamates (subject to hydrolysis) is 1. The Morgan fingerprint density at radius 2 is 1.60 bits per heavy atom. The van der Waals surface area contributed by atoms with Gasteiger partial charge in [0.15, 0.2) is 0 Å². The SMILES string of the molecule is CC(C)(CCOC(C)(C)CCO)NC(=O)OC(C)(C)C. The van der Waals surface area contributed by atoms with E-state index < -0.39 is 17.2 Å². The first-order valence-electron chi connectivity index (χ1n) is 7.13. The summed E-state index contributed by atoms with van der Waals surface area (Å²) in [4.78, 5) is 11.7. The molecule has 0 aromatic rings. The van der Waals surface area contributed by atoms with Crippen LogP contribution in [0, 0.1) is 0 Å². The highest BCUT2D eigenvalue weighted by atomic mass is 16.6.